The Kier molecular flexibility index (Phi) is 3.38. The molecule has 2 atom stereocenters. The van der Waals surface area contributed by atoms with E-state index < -0.39 is 0 Å². The van der Waals surface area contributed by atoms with Crippen LogP contribution in [0.15, 0.2) is 16.9 Å². The van der Waals surface area contributed by atoms with Crippen LogP contribution in [-0.2, 0) is 11.3 Å². The highest BCUT2D eigenvalue weighted by Gasteiger charge is 2.23. The Morgan fingerprint density at radius 2 is 2.13 bits per heavy atom. The van der Waals surface area contributed by atoms with Crippen molar-refractivity contribution < 1.29 is 9.26 Å². The van der Waals surface area contributed by atoms with Crippen molar-refractivity contribution in [2.75, 3.05) is 0 Å². The first-order valence-electron chi connectivity index (χ1n) is 5.52. The predicted octanol–water partition coefficient (Wildman–Crippen LogP) is 1.72. The number of aromatic nitrogens is 1. The second-order valence-corrected chi connectivity index (χ2v) is 4.30. The third-order valence-corrected chi connectivity index (χ3v) is 2.76. The fourth-order valence-electron chi connectivity index (χ4n) is 2.15. The first-order chi connectivity index (χ1) is 7.24. The largest absolute Gasteiger partial charge is 0.375 e. The minimum Gasteiger partial charge on any atom is -0.375 e. The van der Waals surface area contributed by atoms with Gasteiger partial charge in [-0.2, -0.15) is 0 Å². The van der Waals surface area contributed by atoms with Crippen LogP contribution < -0.4 is 5.32 Å². The SMILES string of the molecule is CC1CC(NCc2ccon2)CC(C)O1. The van der Waals surface area contributed by atoms with Crippen LogP contribution in [0.5, 0.6) is 0 Å². The molecule has 84 valence electrons. The summed E-state index contributed by atoms with van der Waals surface area (Å²) < 4.78 is 10.5. The standard InChI is InChI=1S/C11H18N2O2/c1-8-5-11(6-9(2)15-8)12-7-10-3-4-14-13-10/h3-4,8-9,11-12H,5-7H2,1-2H3. The summed E-state index contributed by atoms with van der Waals surface area (Å²) in [6.45, 7) is 5.03. The van der Waals surface area contributed by atoms with Crippen LogP contribution in [0.3, 0.4) is 0 Å². The first kappa shape index (κ1) is 10.6. The van der Waals surface area contributed by atoms with E-state index in [0.717, 1.165) is 25.1 Å². The molecule has 1 aromatic rings. The highest BCUT2D eigenvalue weighted by molar-refractivity contribution is 4.95. The van der Waals surface area contributed by atoms with Gasteiger partial charge in [-0.25, -0.2) is 0 Å². The quantitative estimate of drug-likeness (QED) is 0.825. The lowest BCUT2D eigenvalue weighted by Gasteiger charge is -2.32. The number of rotatable bonds is 3. The van der Waals surface area contributed by atoms with E-state index in [1.54, 1.807) is 6.26 Å². The summed E-state index contributed by atoms with van der Waals surface area (Å²) in [4.78, 5) is 0. The highest BCUT2D eigenvalue weighted by Crippen LogP contribution is 2.19. The van der Waals surface area contributed by atoms with Crippen molar-refractivity contribution in [1.82, 2.24) is 10.5 Å². The van der Waals surface area contributed by atoms with Gasteiger partial charge in [-0.1, -0.05) is 5.16 Å². The third kappa shape index (κ3) is 3.04. The van der Waals surface area contributed by atoms with E-state index >= 15 is 0 Å². The van der Waals surface area contributed by atoms with Crippen LogP contribution in [-0.4, -0.2) is 23.4 Å². The number of nitrogens with zero attached hydrogens (tertiary/aromatic N) is 1. The van der Waals surface area contributed by atoms with Crippen molar-refractivity contribution in [2.45, 2.75) is 51.5 Å². The molecule has 0 bridgehead atoms. The lowest BCUT2D eigenvalue weighted by Crippen LogP contribution is -2.40. The molecule has 1 aliphatic heterocycles. The topological polar surface area (TPSA) is 47.3 Å². The molecule has 0 amide bonds. The molecule has 0 saturated carbocycles. The fourth-order valence-corrected chi connectivity index (χ4v) is 2.15. The molecule has 4 heteroatoms. The highest BCUT2D eigenvalue weighted by atomic mass is 16.5. The van der Waals surface area contributed by atoms with Gasteiger partial charge in [0, 0.05) is 18.7 Å². The van der Waals surface area contributed by atoms with Crippen molar-refractivity contribution in [2.24, 2.45) is 0 Å². The lowest BCUT2D eigenvalue weighted by atomic mass is 10.00. The first-order valence-corrected chi connectivity index (χ1v) is 5.52. The summed E-state index contributed by atoms with van der Waals surface area (Å²) >= 11 is 0. The molecule has 0 spiro atoms. The molecule has 2 heterocycles. The lowest BCUT2D eigenvalue weighted by molar-refractivity contribution is -0.0423. The van der Waals surface area contributed by atoms with Gasteiger partial charge in [0.05, 0.1) is 17.9 Å². The molecule has 0 radical (unpaired) electrons. The van der Waals surface area contributed by atoms with Crippen molar-refractivity contribution in [3.8, 4) is 0 Å². The van der Waals surface area contributed by atoms with Gasteiger partial charge >= 0.3 is 0 Å². The van der Waals surface area contributed by atoms with Gasteiger partial charge in [-0.15, -0.1) is 0 Å². The Morgan fingerprint density at radius 1 is 1.40 bits per heavy atom. The van der Waals surface area contributed by atoms with E-state index in [-0.39, 0.29) is 0 Å². The molecule has 0 aliphatic carbocycles. The van der Waals surface area contributed by atoms with Crippen molar-refractivity contribution in [3.63, 3.8) is 0 Å². The van der Waals surface area contributed by atoms with E-state index in [2.05, 4.69) is 24.3 Å². The summed E-state index contributed by atoms with van der Waals surface area (Å²) in [5.41, 5.74) is 0.960. The summed E-state index contributed by atoms with van der Waals surface area (Å²) in [6, 6.07) is 2.42. The number of ether oxygens (including phenoxy) is 1. The number of hydrogen-bond donors (Lipinski definition) is 1. The maximum atomic E-state index is 5.68. The Bertz CT molecular complexity index is 277. The second kappa shape index (κ2) is 4.77. The molecule has 1 N–H and O–H groups in total. The predicted molar refractivity (Wildman–Crippen MR) is 56.4 cm³/mol. The molecule has 2 unspecified atom stereocenters. The van der Waals surface area contributed by atoms with E-state index in [0.29, 0.717) is 18.2 Å². The molecule has 1 aliphatic rings. The average molecular weight is 210 g/mol. The number of nitrogens with one attached hydrogen (secondary N) is 1. The van der Waals surface area contributed by atoms with E-state index in [1.165, 1.54) is 0 Å². The Morgan fingerprint density at radius 3 is 2.73 bits per heavy atom. The summed E-state index contributed by atoms with van der Waals surface area (Å²) in [6.07, 6.45) is 4.45. The van der Waals surface area contributed by atoms with Crippen LogP contribution >= 0.6 is 0 Å². The maximum absolute atomic E-state index is 5.68. The third-order valence-electron chi connectivity index (χ3n) is 2.76. The average Bonchev–Trinajstić information content (AvgIpc) is 2.65. The van der Waals surface area contributed by atoms with Crippen LogP contribution in [0.1, 0.15) is 32.4 Å². The van der Waals surface area contributed by atoms with E-state index in [4.69, 9.17) is 9.26 Å². The molecule has 15 heavy (non-hydrogen) atoms. The van der Waals surface area contributed by atoms with Crippen LogP contribution in [0.2, 0.25) is 0 Å². The molecule has 1 fully saturated rings. The van der Waals surface area contributed by atoms with Crippen molar-refractivity contribution in [1.29, 1.82) is 0 Å². The van der Waals surface area contributed by atoms with Gasteiger partial charge in [0.1, 0.15) is 6.26 Å². The summed E-state index contributed by atoms with van der Waals surface area (Å²) in [7, 11) is 0. The molecule has 0 aromatic carbocycles. The smallest absolute Gasteiger partial charge is 0.124 e. The van der Waals surface area contributed by atoms with E-state index in [9.17, 15) is 0 Å². The van der Waals surface area contributed by atoms with Gasteiger partial charge in [-0.05, 0) is 26.7 Å². The molecule has 1 aromatic heterocycles. The molecule has 1 saturated heterocycles. The molecule has 2 rings (SSSR count). The van der Waals surface area contributed by atoms with Crippen LogP contribution in [0, 0.1) is 0 Å². The molecular formula is C11H18N2O2. The fraction of sp³-hybridized carbons (Fsp3) is 0.727. The summed E-state index contributed by atoms with van der Waals surface area (Å²) in [5, 5.41) is 7.35. The van der Waals surface area contributed by atoms with Gasteiger partial charge in [-0.3, -0.25) is 0 Å². The minimum atomic E-state index is 0.351. The van der Waals surface area contributed by atoms with Crippen molar-refractivity contribution in [3.05, 3.63) is 18.0 Å². The van der Waals surface area contributed by atoms with Gasteiger partial charge in [0.15, 0.2) is 0 Å². The Hall–Kier alpha value is -0.870. The van der Waals surface area contributed by atoms with Gasteiger partial charge in [0.25, 0.3) is 0 Å². The van der Waals surface area contributed by atoms with Crippen molar-refractivity contribution >= 4 is 0 Å². The number of hydrogen-bond acceptors (Lipinski definition) is 4. The molecular weight excluding hydrogens is 192 g/mol. The zero-order valence-electron chi connectivity index (χ0n) is 9.27. The second-order valence-electron chi connectivity index (χ2n) is 4.30. The Labute approximate surface area is 90.0 Å². The normalized spacial score (nSPS) is 31.7. The van der Waals surface area contributed by atoms with Gasteiger partial charge in [0.2, 0.25) is 0 Å². The minimum absolute atomic E-state index is 0.351. The van der Waals surface area contributed by atoms with Crippen LogP contribution in [0.4, 0.5) is 0 Å². The monoisotopic (exact) mass is 210 g/mol. The zero-order chi connectivity index (χ0) is 10.7. The summed E-state index contributed by atoms with van der Waals surface area (Å²) in [5.74, 6) is 0. The van der Waals surface area contributed by atoms with Crippen LogP contribution in [0.25, 0.3) is 0 Å². The Balaban J connectivity index is 1.79. The maximum Gasteiger partial charge on any atom is 0.124 e. The van der Waals surface area contributed by atoms with E-state index in [1.807, 2.05) is 6.07 Å². The molecule has 4 nitrogen and oxygen atoms in total. The van der Waals surface area contributed by atoms with Gasteiger partial charge < -0.3 is 14.6 Å². The zero-order valence-corrected chi connectivity index (χ0v) is 9.27.